The minimum absolute atomic E-state index is 0.284. The molecular formula is C9H4BrN2O2+. The first kappa shape index (κ1) is 8.91. The van der Waals surface area contributed by atoms with Crippen molar-refractivity contribution in [3.63, 3.8) is 0 Å². The van der Waals surface area contributed by atoms with Gasteiger partial charge >= 0.3 is 5.70 Å². The van der Waals surface area contributed by atoms with Gasteiger partial charge in [0.2, 0.25) is 11.2 Å². The first-order valence-electron chi connectivity index (χ1n) is 3.78. The number of benzene rings is 1. The zero-order chi connectivity index (χ0) is 10.3. The highest BCUT2D eigenvalue weighted by Crippen LogP contribution is 2.33. The van der Waals surface area contributed by atoms with Gasteiger partial charge in [-0.05, 0) is 18.2 Å². The van der Waals surface area contributed by atoms with E-state index in [1.54, 1.807) is 18.2 Å². The zero-order valence-corrected chi connectivity index (χ0v) is 8.45. The summed E-state index contributed by atoms with van der Waals surface area (Å²) in [5.74, 6) is -0.749. The molecule has 4 nitrogen and oxygen atoms in total. The molecule has 0 heterocycles. The van der Waals surface area contributed by atoms with Crippen LogP contribution in [0.3, 0.4) is 0 Å². The Morgan fingerprint density at radius 3 is 2.71 bits per heavy atom. The minimum atomic E-state index is -0.465. The summed E-state index contributed by atoms with van der Waals surface area (Å²) in [7, 11) is 0. The van der Waals surface area contributed by atoms with Gasteiger partial charge in [-0.3, -0.25) is 4.79 Å². The van der Waals surface area contributed by atoms with Gasteiger partial charge in [0.15, 0.2) is 4.98 Å². The molecule has 1 aliphatic carbocycles. The number of diazo groups is 1. The summed E-state index contributed by atoms with van der Waals surface area (Å²) in [6.45, 7) is 0. The van der Waals surface area contributed by atoms with E-state index in [1.807, 2.05) is 0 Å². The Bertz CT molecular complexity index is 514. The molecule has 14 heavy (non-hydrogen) atoms. The largest absolute Gasteiger partial charge is 0.501 e. The third-order valence-electron chi connectivity index (χ3n) is 2.02. The molecule has 0 saturated carbocycles. The van der Waals surface area contributed by atoms with Gasteiger partial charge in [0.05, 0.1) is 0 Å². The van der Waals surface area contributed by atoms with Gasteiger partial charge in [0.25, 0.3) is 5.78 Å². The van der Waals surface area contributed by atoms with Gasteiger partial charge in [-0.1, -0.05) is 15.9 Å². The van der Waals surface area contributed by atoms with E-state index in [9.17, 15) is 9.90 Å². The zero-order valence-electron chi connectivity index (χ0n) is 6.86. The molecule has 1 aromatic rings. The topological polar surface area (TPSA) is 65.4 Å². The molecule has 1 aromatic carbocycles. The van der Waals surface area contributed by atoms with Crippen LogP contribution in [0, 0.1) is 5.39 Å². The summed E-state index contributed by atoms with van der Waals surface area (Å²) in [6, 6.07) is 4.85. The van der Waals surface area contributed by atoms with E-state index < -0.39 is 5.78 Å². The van der Waals surface area contributed by atoms with Gasteiger partial charge < -0.3 is 5.11 Å². The predicted molar refractivity (Wildman–Crippen MR) is 53.1 cm³/mol. The van der Waals surface area contributed by atoms with E-state index in [1.165, 1.54) is 0 Å². The Morgan fingerprint density at radius 1 is 1.36 bits per heavy atom. The summed E-state index contributed by atoms with van der Waals surface area (Å²) >= 11 is 3.22. The number of aliphatic hydroxyl groups excluding tert-OH is 1. The number of Topliss-reactive ketones (excluding diaryl/α,β-unsaturated/α-hetero) is 1. The van der Waals surface area contributed by atoms with Crippen LogP contribution in [0.4, 0.5) is 0 Å². The van der Waals surface area contributed by atoms with Gasteiger partial charge in [0, 0.05) is 15.6 Å². The van der Waals surface area contributed by atoms with Crippen molar-refractivity contribution in [2.75, 3.05) is 0 Å². The molecule has 0 bridgehead atoms. The Balaban J connectivity index is 2.73. The smallest absolute Gasteiger partial charge is 0.473 e. The van der Waals surface area contributed by atoms with E-state index in [-0.39, 0.29) is 11.5 Å². The maximum absolute atomic E-state index is 11.5. The lowest BCUT2D eigenvalue weighted by atomic mass is 10.1. The number of carbonyl (C=O) groups excluding carboxylic acids is 1. The molecule has 0 radical (unpaired) electrons. The number of halogens is 1. The average Bonchev–Trinajstić information content (AvgIpc) is 2.39. The third kappa shape index (κ3) is 1.05. The van der Waals surface area contributed by atoms with Gasteiger partial charge in [-0.2, -0.15) is 0 Å². The molecule has 1 aliphatic rings. The number of hydrogen-bond donors (Lipinski definition) is 1. The summed E-state index contributed by atoms with van der Waals surface area (Å²) in [5.41, 5.74) is 0.425. The predicted octanol–water partition coefficient (Wildman–Crippen LogP) is 2.73. The van der Waals surface area contributed by atoms with Crippen LogP contribution >= 0.6 is 15.9 Å². The fourth-order valence-corrected chi connectivity index (χ4v) is 1.73. The molecule has 0 fully saturated rings. The van der Waals surface area contributed by atoms with Gasteiger partial charge in [-0.25, -0.2) is 0 Å². The highest BCUT2D eigenvalue weighted by atomic mass is 79.9. The molecule has 2 rings (SSSR count). The van der Waals surface area contributed by atoms with Crippen LogP contribution in [0.5, 0.6) is 0 Å². The maximum atomic E-state index is 11.5. The Labute approximate surface area is 87.6 Å². The van der Waals surface area contributed by atoms with E-state index >= 15 is 0 Å². The lowest BCUT2D eigenvalue weighted by Gasteiger charge is -1.96. The van der Waals surface area contributed by atoms with E-state index in [2.05, 4.69) is 20.9 Å². The first-order valence-corrected chi connectivity index (χ1v) is 4.57. The molecule has 0 unspecified atom stereocenters. The molecular weight excluding hydrogens is 248 g/mol. The quantitative estimate of drug-likeness (QED) is 0.722. The second-order valence-corrected chi connectivity index (χ2v) is 3.73. The van der Waals surface area contributed by atoms with Crippen molar-refractivity contribution in [3.8, 4) is 0 Å². The van der Waals surface area contributed by atoms with Crippen LogP contribution < -0.4 is 0 Å². The Hall–Kier alpha value is -1.67. The second kappa shape index (κ2) is 2.93. The maximum Gasteiger partial charge on any atom is 0.473 e. The lowest BCUT2D eigenvalue weighted by molar-refractivity contribution is 0.104. The van der Waals surface area contributed by atoms with E-state index in [4.69, 9.17) is 5.39 Å². The summed E-state index contributed by atoms with van der Waals surface area (Å²) in [6.07, 6.45) is 0. The third-order valence-corrected chi connectivity index (χ3v) is 2.51. The molecule has 0 atom stereocenters. The molecule has 1 N–H and O–H groups in total. The first-order chi connectivity index (χ1) is 6.65. The molecule has 0 aliphatic heterocycles. The summed E-state index contributed by atoms with van der Waals surface area (Å²) in [4.78, 5) is 14.2. The summed E-state index contributed by atoms with van der Waals surface area (Å²) < 4.78 is 0.745. The minimum Gasteiger partial charge on any atom is -0.501 e. The van der Waals surface area contributed by atoms with Crippen LogP contribution in [0.2, 0.25) is 0 Å². The van der Waals surface area contributed by atoms with Crippen LogP contribution in [0.1, 0.15) is 15.9 Å². The number of aliphatic hydroxyl groups is 1. The van der Waals surface area contributed by atoms with Crippen molar-refractivity contribution in [1.82, 2.24) is 0 Å². The van der Waals surface area contributed by atoms with E-state index in [0.717, 1.165) is 4.47 Å². The Morgan fingerprint density at radius 2 is 2.07 bits per heavy atom. The van der Waals surface area contributed by atoms with Crippen molar-refractivity contribution < 1.29 is 9.90 Å². The number of ketones is 1. The fraction of sp³-hybridized carbons (Fsp3) is 0. The SMILES string of the molecule is N#[N+]C1=C(O)c2cc(Br)ccc2C1=O. The van der Waals surface area contributed by atoms with Gasteiger partial charge in [0.1, 0.15) is 0 Å². The van der Waals surface area contributed by atoms with Crippen LogP contribution in [0.15, 0.2) is 28.4 Å². The number of nitrogens with zero attached hydrogens (tertiary/aromatic N) is 2. The highest BCUT2D eigenvalue weighted by Gasteiger charge is 2.40. The van der Waals surface area contributed by atoms with Crippen molar-refractivity contribution in [2.45, 2.75) is 0 Å². The van der Waals surface area contributed by atoms with Crippen LogP contribution in [0.25, 0.3) is 10.7 Å². The standard InChI is InChI=1S/C9H3BrN2O2/c10-4-1-2-5-6(3-4)9(14)7(12-11)8(5)13/h1-3H/p+1. The lowest BCUT2D eigenvalue weighted by Crippen LogP contribution is -1.94. The van der Waals surface area contributed by atoms with Crippen molar-refractivity contribution in [3.05, 3.63) is 44.5 Å². The number of rotatable bonds is 0. The molecule has 5 heteroatoms. The molecule has 0 aromatic heterocycles. The molecule has 0 spiro atoms. The molecule has 0 amide bonds. The van der Waals surface area contributed by atoms with Crippen molar-refractivity contribution in [1.29, 1.82) is 5.39 Å². The monoisotopic (exact) mass is 251 g/mol. The fourth-order valence-electron chi connectivity index (χ4n) is 1.37. The number of fused-ring (bicyclic) bond motifs is 1. The highest BCUT2D eigenvalue weighted by molar-refractivity contribution is 9.10. The van der Waals surface area contributed by atoms with Crippen LogP contribution in [-0.4, -0.2) is 10.9 Å². The van der Waals surface area contributed by atoms with Gasteiger partial charge in [-0.15, -0.1) is 0 Å². The average molecular weight is 252 g/mol. The van der Waals surface area contributed by atoms with E-state index in [0.29, 0.717) is 11.1 Å². The normalized spacial score (nSPS) is 14.1. The summed E-state index contributed by atoms with van der Waals surface area (Å²) in [5, 5.41) is 18.0. The number of carbonyl (C=O) groups is 1. The van der Waals surface area contributed by atoms with Crippen molar-refractivity contribution >= 4 is 27.5 Å². The number of hydrogen-bond acceptors (Lipinski definition) is 3. The Kier molecular flexibility index (Phi) is 1.86. The van der Waals surface area contributed by atoms with Crippen LogP contribution in [-0.2, 0) is 0 Å². The second-order valence-electron chi connectivity index (χ2n) is 2.82. The van der Waals surface area contributed by atoms with Crippen molar-refractivity contribution in [2.24, 2.45) is 0 Å². The number of allylic oxidation sites excluding steroid dienone is 1. The molecule has 0 saturated heterocycles. The molecule has 68 valence electrons.